The van der Waals surface area contributed by atoms with E-state index in [0.29, 0.717) is 21.3 Å². The maximum Gasteiger partial charge on any atom is 0.324 e. The minimum Gasteiger partial charge on any atom is -0.544 e. The van der Waals surface area contributed by atoms with Crippen LogP contribution < -0.4 is 20.3 Å². The highest BCUT2D eigenvalue weighted by molar-refractivity contribution is 7.30. The number of ketones is 1. The molecule has 5 aromatic heterocycles. The molecule has 0 amide bonds. The van der Waals surface area contributed by atoms with Crippen LogP contribution in [0.1, 0.15) is 33.2 Å². The second kappa shape index (κ2) is 13.6. The Morgan fingerprint density at radius 2 is 1.20 bits per heavy atom. The second-order valence-corrected chi connectivity index (χ2v) is 15.1. The summed E-state index contributed by atoms with van der Waals surface area (Å²) >= 11 is 6.67. The van der Waals surface area contributed by atoms with E-state index < -0.39 is 29.9 Å². The van der Waals surface area contributed by atoms with Gasteiger partial charge in [-0.25, -0.2) is 0 Å². The van der Waals surface area contributed by atoms with Gasteiger partial charge in [-0.1, -0.05) is 0 Å². The number of Topliss-reactive ketones (excluding diaryl/α,β-unsaturated/α-hetero) is 1. The topological polar surface area (TPSA) is 176 Å². The van der Waals surface area contributed by atoms with E-state index in [9.17, 15) is 34.5 Å². The molecule has 5 rings (SSSR count). The molecule has 4 N–H and O–H groups in total. The Balaban J connectivity index is 1.53. The number of thiophene rings is 5. The van der Waals surface area contributed by atoms with Gasteiger partial charge in [0.05, 0.1) is 31.4 Å². The number of carboxylic acid groups (broad SMARTS) is 3. The molecular formula is C30H24NO9S5-. The summed E-state index contributed by atoms with van der Waals surface area (Å²) in [5, 5.41) is 30.0. The molecule has 2 unspecified atom stereocenters. The molecule has 0 radical (unpaired) electrons. The monoisotopic (exact) mass is 702 g/mol. The minimum atomic E-state index is -1.27. The average molecular weight is 703 g/mol. The van der Waals surface area contributed by atoms with Crippen LogP contribution in [0.2, 0.25) is 0 Å². The Morgan fingerprint density at radius 1 is 0.711 bits per heavy atom. The number of aromatic carboxylic acids is 1. The minimum absolute atomic E-state index is 0.0423. The van der Waals surface area contributed by atoms with Crippen molar-refractivity contribution in [3.63, 3.8) is 0 Å². The maximum absolute atomic E-state index is 11.9. The predicted molar refractivity (Wildman–Crippen MR) is 175 cm³/mol. The zero-order chi connectivity index (χ0) is 32.4. The lowest BCUT2D eigenvalue weighted by Crippen LogP contribution is -2.36. The lowest BCUT2D eigenvalue weighted by Gasteiger charge is -2.09. The molecule has 10 nitrogen and oxygen atoms in total. The summed E-state index contributed by atoms with van der Waals surface area (Å²) in [4.78, 5) is 53.0. The van der Waals surface area contributed by atoms with Crippen LogP contribution in [-0.4, -0.2) is 53.2 Å². The normalized spacial score (nSPS) is 12.5. The lowest BCUT2D eigenvalue weighted by atomic mass is 10.2. The van der Waals surface area contributed by atoms with Crippen molar-refractivity contribution < 1.29 is 44.0 Å². The summed E-state index contributed by atoms with van der Waals surface area (Å²) in [7, 11) is 0. The Hall–Kier alpha value is -3.86. The second-order valence-electron chi connectivity index (χ2n) is 9.75. The van der Waals surface area contributed by atoms with Crippen LogP contribution in [-0.2, 0) is 9.59 Å². The van der Waals surface area contributed by atoms with E-state index in [2.05, 4.69) is 0 Å². The van der Waals surface area contributed by atoms with Crippen molar-refractivity contribution in [2.24, 2.45) is 11.7 Å². The zero-order valence-electron chi connectivity index (χ0n) is 23.6. The Labute approximate surface area is 276 Å². The summed E-state index contributed by atoms with van der Waals surface area (Å²) in [5.74, 6) is -3.34. The van der Waals surface area contributed by atoms with Crippen LogP contribution in [0.25, 0.3) is 39.0 Å². The van der Waals surface area contributed by atoms with E-state index in [1.807, 2.05) is 18.2 Å². The smallest absolute Gasteiger partial charge is 0.324 e. The van der Waals surface area contributed by atoms with E-state index in [-0.39, 0.29) is 23.9 Å². The Kier molecular flexibility index (Phi) is 9.86. The van der Waals surface area contributed by atoms with Gasteiger partial charge in [0.15, 0.2) is 5.78 Å². The van der Waals surface area contributed by atoms with Crippen LogP contribution >= 0.6 is 56.7 Å². The lowest BCUT2D eigenvalue weighted by molar-refractivity contribution is -0.254. The number of aliphatic carboxylic acids is 2. The summed E-state index contributed by atoms with van der Waals surface area (Å²) in [6.45, 7) is 2.73. The van der Waals surface area contributed by atoms with E-state index in [0.717, 1.165) is 45.5 Å². The van der Waals surface area contributed by atoms with Crippen molar-refractivity contribution in [3.8, 4) is 50.5 Å². The third-order valence-electron chi connectivity index (χ3n) is 6.34. The first-order valence-corrected chi connectivity index (χ1v) is 17.3. The number of ether oxygens (including phenoxy) is 2. The predicted octanol–water partition coefficient (Wildman–Crippen LogP) is 6.12. The largest absolute Gasteiger partial charge is 0.544 e. The van der Waals surface area contributed by atoms with E-state index in [1.165, 1.54) is 58.3 Å². The van der Waals surface area contributed by atoms with Crippen molar-refractivity contribution in [3.05, 3.63) is 58.3 Å². The summed E-state index contributed by atoms with van der Waals surface area (Å²) in [6, 6.07) is 12.9. The number of rotatable bonds is 14. The standard InChI is InChI=1S/C30H25NO9S5/c1-13(28(33)34)11-39-16-9-25(20-5-8-23(42-20)30(37)38)45-26(16)21-6-7-22(43-21)27-17(40-12-15(31)29(35)36)10-24(44-27)19-4-3-18(41-19)14(2)32/h3-10,13,15H,11-12,31H2,1-2H3,(H,33,34)(H,35,36)(H,37,38)/p-1. The van der Waals surface area contributed by atoms with Crippen LogP contribution in [0.4, 0.5) is 0 Å². The molecule has 2 atom stereocenters. The molecule has 0 aliphatic carbocycles. The molecule has 0 aliphatic rings. The molecule has 0 spiro atoms. The van der Waals surface area contributed by atoms with Crippen molar-refractivity contribution in [2.75, 3.05) is 13.2 Å². The highest BCUT2D eigenvalue weighted by Gasteiger charge is 2.23. The van der Waals surface area contributed by atoms with Crippen LogP contribution in [0.5, 0.6) is 11.5 Å². The van der Waals surface area contributed by atoms with Crippen molar-refractivity contribution in [2.45, 2.75) is 19.9 Å². The third kappa shape index (κ3) is 7.35. The van der Waals surface area contributed by atoms with Gasteiger partial charge in [-0.2, -0.15) is 0 Å². The number of carbonyl (C=O) groups excluding carboxylic acids is 2. The van der Waals surface area contributed by atoms with E-state index in [4.69, 9.17) is 15.2 Å². The molecule has 5 heterocycles. The maximum atomic E-state index is 11.9. The van der Waals surface area contributed by atoms with Crippen molar-refractivity contribution in [1.29, 1.82) is 0 Å². The van der Waals surface area contributed by atoms with Gasteiger partial charge in [0.1, 0.15) is 30.8 Å². The SMILES string of the molecule is CC(=O)c1ccc(-c2cc(OCC(N)C(=O)O)c(-c3ccc(-c4sc(-c5ccc(C(=O)[O-])s5)cc4OCC(C)C(=O)O)s3)s2)s1. The zero-order valence-corrected chi connectivity index (χ0v) is 27.6. The number of hydrogen-bond donors (Lipinski definition) is 3. The molecule has 5 aromatic rings. The number of hydrogen-bond acceptors (Lipinski definition) is 13. The highest BCUT2D eigenvalue weighted by atomic mass is 32.1. The molecule has 0 fully saturated rings. The third-order valence-corrected chi connectivity index (χ3v) is 12.7. The fourth-order valence-electron chi connectivity index (χ4n) is 3.91. The molecule has 0 saturated carbocycles. The average Bonchev–Trinajstić information content (AvgIpc) is 3.82. The molecule has 234 valence electrons. The number of carboxylic acids is 3. The molecule has 15 heteroatoms. The first-order chi connectivity index (χ1) is 21.4. The Morgan fingerprint density at radius 3 is 1.64 bits per heavy atom. The fourth-order valence-corrected chi connectivity index (χ4v) is 9.25. The van der Waals surface area contributed by atoms with Gasteiger partial charge in [0, 0.05) is 41.4 Å². The number of nitrogens with two attached hydrogens (primary N) is 1. The van der Waals surface area contributed by atoms with Gasteiger partial charge in [0.2, 0.25) is 0 Å². The molecule has 0 bridgehead atoms. The summed E-state index contributed by atoms with van der Waals surface area (Å²) < 4.78 is 11.9. The fraction of sp³-hybridized carbons (Fsp3) is 0.200. The van der Waals surface area contributed by atoms with E-state index in [1.54, 1.807) is 31.2 Å². The molecule has 45 heavy (non-hydrogen) atoms. The first kappa shape index (κ1) is 32.5. The van der Waals surface area contributed by atoms with Gasteiger partial charge in [-0.15, -0.1) is 56.7 Å². The van der Waals surface area contributed by atoms with Crippen LogP contribution in [0, 0.1) is 5.92 Å². The van der Waals surface area contributed by atoms with Gasteiger partial charge in [-0.3, -0.25) is 14.4 Å². The first-order valence-electron chi connectivity index (χ1n) is 13.2. The van der Waals surface area contributed by atoms with Crippen molar-refractivity contribution in [1.82, 2.24) is 0 Å². The van der Waals surface area contributed by atoms with Gasteiger partial charge in [0.25, 0.3) is 0 Å². The van der Waals surface area contributed by atoms with E-state index >= 15 is 0 Å². The van der Waals surface area contributed by atoms with Gasteiger partial charge < -0.3 is 35.3 Å². The molecule has 0 saturated heterocycles. The highest BCUT2D eigenvalue weighted by Crippen LogP contribution is 2.51. The Bertz CT molecular complexity index is 1760. The quantitative estimate of drug-likeness (QED) is 0.114. The molecule has 0 aliphatic heterocycles. The number of carbonyl (C=O) groups is 4. The summed E-state index contributed by atoms with van der Waals surface area (Å²) in [6.07, 6.45) is 0. The molecular weight excluding hydrogens is 679 g/mol. The van der Waals surface area contributed by atoms with Crippen molar-refractivity contribution >= 4 is 80.4 Å². The van der Waals surface area contributed by atoms with Crippen LogP contribution in [0.15, 0.2) is 48.5 Å². The molecule has 0 aromatic carbocycles. The van der Waals surface area contributed by atoms with Gasteiger partial charge >= 0.3 is 11.9 Å². The van der Waals surface area contributed by atoms with Crippen LogP contribution in [0.3, 0.4) is 0 Å². The van der Waals surface area contributed by atoms with Gasteiger partial charge in [-0.05, 0) is 50.2 Å². The summed E-state index contributed by atoms with van der Waals surface area (Å²) in [5.41, 5.74) is 5.70.